The molecule has 1 unspecified atom stereocenters. The normalized spacial score (nSPS) is 17.5. The highest BCUT2D eigenvalue weighted by Crippen LogP contribution is 2.41. The summed E-state index contributed by atoms with van der Waals surface area (Å²) in [6, 6.07) is 0. The van der Waals surface area contributed by atoms with Gasteiger partial charge in [-0.1, -0.05) is 12.2 Å². The van der Waals surface area contributed by atoms with Crippen molar-refractivity contribution < 1.29 is 23.9 Å². The van der Waals surface area contributed by atoms with Crippen LogP contribution in [-0.2, 0) is 13.8 Å². The van der Waals surface area contributed by atoms with E-state index in [1.165, 1.54) is 6.08 Å². The minimum atomic E-state index is -4.20. The Morgan fingerprint density at radius 1 is 1.70 bits per heavy atom. The first-order chi connectivity index (χ1) is 4.62. The summed E-state index contributed by atoms with van der Waals surface area (Å²) in [5.41, 5.74) is 0. The summed E-state index contributed by atoms with van der Waals surface area (Å²) < 4.78 is 17.6. The molecule has 60 valence electrons. The van der Waals surface area contributed by atoms with Crippen LogP contribution in [0.25, 0.3) is 0 Å². The van der Waals surface area contributed by atoms with Gasteiger partial charge in [0.05, 0.1) is 6.61 Å². The quantitative estimate of drug-likeness (QED) is 0.285. The van der Waals surface area contributed by atoms with E-state index >= 15 is 0 Å². The Hall–Kier alpha value is -0.190. The molecule has 0 rings (SSSR count). The van der Waals surface area contributed by atoms with Gasteiger partial charge >= 0.3 is 7.82 Å². The zero-order valence-corrected chi connectivity index (χ0v) is 6.32. The van der Waals surface area contributed by atoms with Gasteiger partial charge in [0, 0.05) is 0 Å². The van der Waals surface area contributed by atoms with Crippen molar-refractivity contribution in [3.8, 4) is 0 Å². The van der Waals surface area contributed by atoms with Crippen LogP contribution in [-0.4, -0.2) is 16.8 Å². The van der Waals surface area contributed by atoms with Crippen LogP contribution < -0.4 is 0 Å². The average molecular weight is 168 g/mol. The van der Waals surface area contributed by atoms with Crippen molar-refractivity contribution in [1.29, 1.82) is 0 Å². The second kappa shape index (κ2) is 4.60. The highest BCUT2D eigenvalue weighted by molar-refractivity contribution is 7.47. The Kier molecular flexibility index (Phi) is 4.51. The van der Waals surface area contributed by atoms with E-state index in [0.29, 0.717) is 0 Å². The van der Waals surface area contributed by atoms with E-state index in [-0.39, 0.29) is 6.61 Å². The first kappa shape index (κ1) is 9.81. The van der Waals surface area contributed by atoms with E-state index in [2.05, 4.69) is 9.20 Å². The molecular formula is C4H9O5P. The van der Waals surface area contributed by atoms with E-state index in [0.717, 1.165) is 0 Å². The summed E-state index contributed by atoms with van der Waals surface area (Å²) in [5, 5.41) is 7.73. The largest absolute Gasteiger partial charge is 0.499 e. The van der Waals surface area contributed by atoms with Gasteiger partial charge in [-0.3, -0.25) is 4.52 Å². The van der Waals surface area contributed by atoms with Crippen molar-refractivity contribution in [2.24, 2.45) is 0 Å². The highest BCUT2D eigenvalue weighted by Gasteiger charge is 2.18. The maximum Gasteiger partial charge on any atom is 0.499 e. The lowest BCUT2D eigenvalue weighted by Gasteiger charge is -2.03. The SMILES string of the molecule is CC=CCOP(=O)(O)OO. The van der Waals surface area contributed by atoms with E-state index in [9.17, 15) is 4.57 Å². The zero-order chi connectivity index (χ0) is 8.04. The minimum absolute atomic E-state index is 0.0646. The molecule has 0 bridgehead atoms. The Bertz CT molecular complexity index is 154. The third kappa shape index (κ3) is 4.67. The molecule has 0 aliphatic carbocycles. The zero-order valence-electron chi connectivity index (χ0n) is 5.43. The predicted molar refractivity (Wildman–Crippen MR) is 34.3 cm³/mol. The lowest BCUT2D eigenvalue weighted by molar-refractivity contribution is -0.161. The molecule has 0 amide bonds. The molecule has 0 aliphatic rings. The van der Waals surface area contributed by atoms with Crippen molar-refractivity contribution in [3.63, 3.8) is 0 Å². The van der Waals surface area contributed by atoms with Gasteiger partial charge in [0.25, 0.3) is 0 Å². The van der Waals surface area contributed by atoms with Crippen LogP contribution in [0.15, 0.2) is 12.2 Å². The van der Waals surface area contributed by atoms with Gasteiger partial charge in [0.1, 0.15) is 0 Å². The molecule has 0 saturated heterocycles. The van der Waals surface area contributed by atoms with Crippen molar-refractivity contribution >= 4 is 7.82 Å². The Balaban J connectivity index is 3.57. The van der Waals surface area contributed by atoms with Crippen molar-refractivity contribution in [2.75, 3.05) is 6.61 Å². The first-order valence-corrected chi connectivity index (χ1v) is 4.03. The van der Waals surface area contributed by atoms with Gasteiger partial charge in [-0.2, -0.15) is 0 Å². The Morgan fingerprint density at radius 2 is 2.30 bits per heavy atom. The summed E-state index contributed by atoms with van der Waals surface area (Å²) in [7, 11) is -4.20. The Labute approximate surface area is 58.4 Å². The average Bonchev–Trinajstić information content (AvgIpc) is 1.89. The highest BCUT2D eigenvalue weighted by atomic mass is 31.2. The number of phosphoric acid groups is 1. The smallest absolute Gasteiger partial charge is 0.301 e. The molecule has 0 aliphatic heterocycles. The molecule has 10 heavy (non-hydrogen) atoms. The minimum Gasteiger partial charge on any atom is -0.301 e. The molecule has 0 spiro atoms. The van der Waals surface area contributed by atoms with Gasteiger partial charge in [-0.25, -0.2) is 9.82 Å². The molecule has 1 atom stereocenters. The summed E-state index contributed by atoms with van der Waals surface area (Å²) in [4.78, 5) is 8.38. The second-order valence-corrected chi connectivity index (χ2v) is 2.77. The van der Waals surface area contributed by atoms with Gasteiger partial charge < -0.3 is 4.89 Å². The van der Waals surface area contributed by atoms with Crippen LogP contribution in [0.4, 0.5) is 0 Å². The summed E-state index contributed by atoms with van der Waals surface area (Å²) in [6.07, 6.45) is 3.14. The fraction of sp³-hybridized carbons (Fsp3) is 0.500. The van der Waals surface area contributed by atoms with Crippen LogP contribution in [0, 0.1) is 0 Å². The lowest BCUT2D eigenvalue weighted by Crippen LogP contribution is -1.91. The second-order valence-electron chi connectivity index (χ2n) is 1.42. The molecule has 0 aromatic carbocycles. The van der Waals surface area contributed by atoms with Gasteiger partial charge in [0.2, 0.25) is 0 Å². The molecule has 0 fully saturated rings. The summed E-state index contributed by atoms with van der Waals surface area (Å²) in [5.74, 6) is 0. The van der Waals surface area contributed by atoms with E-state index < -0.39 is 7.82 Å². The molecule has 0 heterocycles. The Morgan fingerprint density at radius 3 is 2.70 bits per heavy atom. The monoisotopic (exact) mass is 168 g/mol. The van der Waals surface area contributed by atoms with E-state index in [1.54, 1.807) is 13.0 Å². The van der Waals surface area contributed by atoms with Crippen LogP contribution in [0.2, 0.25) is 0 Å². The molecule has 0 radical (unpaired) electrons. The predicted octanol–water partition coefficient (Wildman–Crippen LogP) is 1.17. The fourth-order valence-electron chi connectivity index (χ4n) is 0.257. The van der Waals surface area contributed by atoms with Gasteiger partial charge in [0.15, 0.2) is 0 Å². The molecular weight excluding hydrogens is 159 g/mol. The maximum absolute atomic E-state index is 10.3. The van der Waals surface area contributed by atoms with Crippen LogP contribution >= 0.6 is 7.82 Å². The third-order valence-corrected chi connectivity index (χ3v) is 1.35. The molecule has 0 aromatic heterocycles. The van der Waals surface area contributed by atoms with Gasteiger partial charge in [-0.15, -0.1) is 4.67 Å². The number of allylic oxidation sites excluding steroid dienone is 1. The topological polar surface area (TPSA) is 76.0 Å². The van der Waals surface area contributed by atoms with Crippen molar-refractivity contribution in [1.82, 2.24) is 0 Å². The van der Waals surface area contributed by atoms with Crippen molar-refractivity contribution in [2.45, 2.75) is 6.92 Å². The van der Waals surface area contributed by atoms with Crippen LogP contribution in [0.5, 0.6) is 0 Å². The first-order valence-electron chi connectivity index (χ1n) is 2.54. The summed E-state index contributed by atoms with van der Waals surface area (Å²) >= 11 is 0. The summed E-state index contributed by atoms with van der Waals surface area (Å²) in [6.45, 7) is 1.66. The van der Waals surface area contributed by atoms with Crippen LogP contribution in [0.3, 0.4) is 0 Å². The fourth-order valence-corrected chi connectivity index (χ4v) is 0.579. The molecule has 0 aromatic rings. The van der Waals surface area contributed by atoms with Crippen LogP contribution in [0.1, 0.15) is 6.92 Å². The van der Waals surface area contributed by atoms with Gasteiger partial charge in [-0.05, 0) is 6.92 Å². The number of hydrogen-bond donors (Lipinski definition) is 2. The van der Waals surface area contributed by atoms with E-state index in [1.807, 2.05) is 0 Å². The molecule has 6 heteroatoms. The number of rotatable bonds is 4. The number of phosphoric ester groups is 1. The number of hydrogen-bond acceptors (Lipinski definition) is 4. The molecule has 2 N–H and O–H groups in total. The van der Waals surface area contributed by atoms with E-state index in [4.69, 9.17) is 10.2 Å². The molecule has 0 saturated carbocycles. The lowest BCUT2D eigenvalue weighted by atomic mass is 10.6. The maximum atomic E-state index is 10.3. The standard InChI is InChI=1S/C4H9O5P/c1-2-3-4-8-10(6,7)9-5/h2-3,5H,4H2,1H3,(H,6,7). The van der Waals surface area contributed by atoms with Crippen molar-refractivity contribution in [3.05, 3.63) is 12.2 Å². The third-order valence-electron chi connectivity index (χ3n) is 0.673. The molecule has 5 nitrogen and oxygen atoms in total.